The quantitative estimate of drug-likeness (QED) is 0.269. The third-order valence-electron chi connectivity index (χ3n) is 8.17. The fourth-order valence-electron chi connectivity index (χ4n) is 5.78. The van der Waals surface area contributed by atoms with E-state index < -0.39 is 17.6 Å². The number of nitrogens with one attached hydrogen (secondary N) is 2. The molecular formula is C31H31Cl3FN3O3. The van der Waals surface area contributed by atoms with Crippen molar-refractivity contribution in [1.29, 1.82) is 0 Å². The summed E-state index contributed by atoms with van der Waals surface area (Å²) in [5, 5.41) is 7.14. The average Bonchev–Trinajstić information content (AvgIpc) is 2.95. The molecule has 6 nitrogen and oxygen atoms in total. The Morgan fingerprint density at radius 3 is 2.51 bits per heavy atom. The molecule has 0 radical (unpaired) electrons. The highest BCUT2D eigenvalue weighted by atomic mass is 35.5. The number of piperidine rings is 1. The van der Waals surface area contributed by atoms with Crippen molar-refractivity contribution in [2.45, 2.75) is 56.7 Å². The third-order valence-corrected chi connectivity index (χ3v) is 9.28. The van der Waals surface area contributed by atoms with Crippen LogP contribution in [0.3, 0.4) is 0 Å². The summed E-state index contributed by atoms with van der Waals surface area (Å²) in [6.07, 6.45) is 1.91. The maximum atomic E-state index is 14.1. The highest BCUT2D eigenvalue weighted by molar-refractivity contribution is 6.42. The van der Waals surface area contributed by atoms with E-state index in [9.17, 15) is 14.0 Å². The second-order valence-electron chi connectivity index (χ2n) is 10.7. The summed E-state index contributed by atoms with van der Waals surface area (Å²) in [5.74, 6) is -0.917. The van der Waals surface area contributed by atoms with Crippen LogP contribution in [-0.2, 0) is 21.7 Å². The van der Waals surface area contributed by atoms with Gasteiger partial charge in [-0.3, -0.25) is 10.1 Å². The lowest BCUT2D eigenvalue weighted by molar-refractivity contribution is -0.123. The summed E-state index contributed by atoms with van der Waals surface area (Å²) in [7, 11) is 0. The second-order valence-corrected chi connectivity index (χ2v) is 11.9. The van der Waals surface area contributed by atoms with Gasteiger partial charge in [0.15, 0.2) is 0 Å². The van der Waals surface area contributed by atoms with E-state index in [1.165, 1.54) is 12.1 Å². The highest BCUT2D eigenvalue weighted by Gasteiger charge is 2.45. The van der Waals surface area contributed by atoms with Crippen LogP contribution >= 0.6 is 34.8 Å². The van der Waals surface area contributed by atoms with Crippen LogP contribution in [0.4, 0.5) is 14.9 Å². The summed E-state index contributed by atoms with van der Waals surface area (Å²) >= 11 is 18.8. The van der Waals surface area contributed by atoms with Gasteiger partial charge in [-0.05, 0) is 67.3 Å². The van der Waals surface area contributed by atoms with Gasteiger partial charge < -0.3 is 15.0 Å². The maximum Gasteiger partial charge on any atom is 0.412 e. The highest BCUT2D eigenvalue weighted by Crippen LogP contribution is 2.44. The average molecular weight is 619 g/mol. The Morgan fingerprint density at radius 1 is 1.02 bits per heavy atom. The van der Waals surface area contributed by atoms with E-state index in [-0.39, 0.29) is 17.8 Å². The van der Waals surface area contributed by atoms with Crippen molar-refractivity contribution in [2.24, 2.45) is 0 Å². The van der Waals surface area contributed by atoms with E-state index in [4.69, 9.17) is 39.5 Å². The zero-order valence-corrected chi connectivity index (χ0v) is 24.8. The Bertz CT molecular complexity index is 1450. The van der Waals surface area contributed by atoms with Gasteiger partial charge in [0, 0.05) is 49.1 Å². The zero-order valence-electron chi connectivity index (χ0n) is 22.6. The molecule has 1 saturated heterocycles. The topological polar surface area (TPSA) is 70.7 Å². The number of fused-ring (bicyclic) bond motifs is 2. The van der Waals surface area contributed by atoms with Crippen molar-refractivity contribution < 1.29 is 18.7 Å². The Morgan fingerprint density at radius 2 is 1.78 bits per heavy atom. The van der Waals surface area contributed by atoms with Crippen molar-refractivity contribution in [3.8, 4) is 0 Å². The van der Waals surface area contributed by atoms with E-state index in [1.54, 1.807) is 24.3 Å². The van der Waals surface area contributed by atoms with Crippen LogP contribution in [0.15, 0.2) is 60.7 Å². The van der Waals surface area contributed by atoms with Gasteiger partial charge in [-0.1, -0.05) is 59.1 Å². The number of nitrogens with zero attached hydrogens (tertiary/aromatic N) is 1. The van der Waals surface area contributed by atoms with Gasteiger partial charge >= 0.3 is 6.09 Å². The summed E-state index contributed by atoms with van der Waals surface area (Å²) in [6, 6.07) is 17.2. The lowest BCUT2D eigenvalue weighted by atomic mass is 9.81. The van der Waals surface area contributed by atoms with Crippen LogP contribution in [0.5, 0.6) is 0 Å². The molecule has 0 bridgehead atoms. The SMILES string of the molecule is CC(CCC(C(=O)NCc1ccccc1Cl)c1ccc(Cl)c(Cl)c1)N1CCC2(CC1)OC(=O)Nc1ccc(F)cc12. The summed E-state index contributed by atoms with van der Waals surface area (Å²) < 4.78 is 19.9. The Kier molecular flexibility index (Phi) is 9.09. The molecule has 2 atom stereocenters. The number of halogens is 4. The maximum absolute atomic E-state index is 14.1. The largest absolute Gasteiger partial charge is 0.438 e. The molecule has 41 heavy (non-hydrogen) atoms. The van der Waals surface area contributed by atoms with Crippen LogP contribution in [-0.4, -0.2) is 36.0 Å². The number of ether oxygens (including phenoxy) is 1. The molecule has 0 aromatic heterocycles. The predicted molar refractivity (Wildman–Crippen MR) is 160 cm³/mol. The van der Waals surface area contributed by atoms with Crippen LogP contribution in [0, 0.1) is 5.82 Å². The Hall–Kier alpha value is -2.84. The standard InChI is InChI=1S/C31H31Cl3FN3O3/c1-19(38-14-12-31(13-15-38)24-17-22(35)8-11-28(24)37-30(40)41-31)6-9-23(20-7-10-26(33)27(34)16-20)29(39)36-18-21-4-2-3-5-25(21)32/h2-5,7-8,10-11,16-17,19,23H,6,9,12-15,18H2,1H3,(H,36,39)(H,37,40). The van der Waals surface area contributed by atoms with Crippen molar-refractivity contribution in [3.63, 3.8) is 0 Å². The minimum absolute atomic E-state index is 0.117. The number of anilines is 1. The summed E-state index contributed by atoms with van der Waals surface area (Å²) in [5.41, 5.74) is 2.06. The first-order chi connectivity index (χ1) is 19.6. The predicted octanol–water partition coefficient (Wildman–Crippen LogP) is 7.91. The fraction of sp³-hybridized carbons (Fsp3) is 0.355. The molecule has 3 aromatic carbocycles. The number of amides is 2. The van der Waals surface area contributed by atoms with E-state index in [0.717, 1.165) is 17.5 Å². The van der Waals surface area contributed by atoms with Crippen LogP contribution in [0.1, 0.15) is 55.2 Å². The van der Waals surface area contributed by atoms with Gasteiger partial charge in [0.05, 0.1) is 21.7 Å². The number of carbonyl (C=O) groups is 2. The van der Waals surface area contributed by atoms with E-state index >= 15 is 0 Å². The van der Waals surface area contributed by atoms with Crippen molar-refractivity contribution in [2.75, 3.05) is 18.4 Å². The molecular weight excluding hydrogens is 588 g/mol. The normalized spacial score (nSPS) is 17.7. The number of hydrogen-bond donors (Lipinski definition) is 2. The molecule has 216 valence electrons. The molecule has 2 aliphatic rings. The molecule has 2 heterocycles. The van der Waals surface area contributed by atoms with Gasteiger partial charge in [0.1, 0.15) is 11.4 Å². The number of hydrogen-bond acceptors (Lipinski definition) is 4. The molecule has 2 unspecified atom stereocenters. The third kappa shape index (κ3) is 6.64. The summed E-state index contributed by atoms with van der Waals surface area (Å²) in [6.45, 7) is 3.78. The van der Waals surface area contributed by atoms with E-state index in [1.807, 2.05) is 24.3 Å². The molecule has 0 aliphatic carbocycles. The van der Waals surface area contributed by atoms with Crippen LogP contribution in [0.25, 0.3) is 0 Å². The molecule has 5 rings (SSSR count). The van der Waals surface area contributed by atoms with Crippen molar-refractivity contribution in [3.05, 3.63) is 98.2 Å². The Labute approximate surface area is 254 Å². The van der Waals surface area contributed by atoms with Gasteiger partial charge in [-0.25, -0.2) is 9.18 Å². The minimum atomic E-state index is -0.850. The Balaban J connectivity index is 1.25. The lowest BCUT2D eigenvalue weighted by Gasteiger charge is -2.45. The smallest absolute Gasteiger partial charge is 0.412 e. The summed E-state index contributed by atoms with van der Waals surface area (Å²) in [4.78, 5) is 28.1. The number of likely N-dealkylation sites (tertiary alicyclic amines) is 1. The van der Waals surface area contributed by atoms with Gasteiger partial charge in [-0.2, -0.15) is 0 Å². The van der Waals surface area contributed by atoms with Gasteiger partial charge in [0.2, 0.25) is 5.91 Å². The molecule has 10 heteroatoms. The lowest BCUT2D eigenvalue weighted by Crippen LogP contribution is -2.50. The molecule has 0 saturated carbocycles. The monoisotopic (exact) mass is 617 g/mol. The van der Waals surface area contributed by atoms with Gasteiger partial charge in [0.25, 0.3) is 0 Å². The van der Waals surface area contributed by atoms with Crippen molar-refractivity contribution >= 4 is 52.5 Å². The first-order valence-electron chi connectivity index (χ1n) is 13.7. The van der Waals surface area contributed by atoms with Gasteiger partial charge in [-0.15, -0.1) is 0 Å². The zero-order chi connectivity index (χ0) is 29.1. The first-order valence-corrected chi connectivity index (χ1v) is 14.8. The second kappa shape index (κ2) is 12.6. The van der Waals surface area contributed by atoms with Crippen LogP contribution < -0.4 is 10.6 Å². The van der Waals surface area contributed by atoms with Crippen molar-refractivity contribution in [1.82, 2.24) is 10.2 Å². The van der Waals surface area contributed by atoms with Crippen LogP contribution in [0.2, 0.25) is 15.1 Å². The number of benzene rings is 3. The van der Waals surface area contributed by atoms with E-state index in [2.05, 4.69) is 22.5 Å². The number of rotatable bonds is 8. The molecule has 2 N–H and O–H groups in total. The number of carbonyl (C=O) groups excluding carboxylic acids is 2. The minimum Gasteiger partial charge on any atom is -0.438 e. The molecule has 2 amide bonds. The fourth-order valence-corrected chi connectivity index (χ4v) is 6.29. The molecule has 2 aliphatic heterocycles. The molecule has 1 spiro atoms. The molecule has 1 fully saturated rings. The molecule has 3 aromatic rings. The van der Waals surface area contributed by atoms with E-state index in [0.29, 0.717) is 65.2 Å². The first kappa shape index (κ1) is 29.6.